The zero-order chi connectivity index (χ0) is 24.0. The lowest BCUT2D eigenvalue weighted by molar-refractivity contribution is -0.116. The quantitative estimate of drug-likeness (QED) is 0.445. The van der Waals surface area contributed by atoms with Crippen molar-refractivity contribution in [1.29, 1.82) is 0 Å². The molecular formula is C27H32N2O3S. The van der Waals surface area contributed by atoms with Crippen LogP contribution in [0.2, 0.25) is 0 Å². The second-order valence-electron chi connectivity index (χ2n) is 8.48. The van der Waals surface area contributed by atoms with E-state index in [0.717, 1.165) is 23.1 Å². The number of carbonyl (C=O) groups excluding carboxylic acids is 1. The summed E-state index contributed by atoms with van der Waals surface area (Å²) >= 11 is 0. The van der Waals surface area contributed by atoms with Gasteiger partial charge in [0.05, 0.1) is 11.4 Å². The van der Waals surface area contributed by atoms with Crippen LogP contribution in [0, 0.1) is 13.8 Å². The summed E-state index contributed by atoms with van der Waals surface area (Å²) in [6, 6.07) is 22.1. The van der Waals surface area contributed by atoms with Crippen molar-refractivity contribution in [3.05, 3.63) is 95.1 Å². The van der Waals surface area contributed by atoms with Gasteiger partial charge in [-0.1, -0.05) is 62.4 Å². The summed E-state index contributed by atoms with van der Waals surface area (Å²) in [5.41, 5.74) is 4.58. The number of sulfonamides is 1. The van der Waals surface area contributed by atoms with Crippen molar-refractivity contribution in [2.45, 2.75) is 51.5 Å². The third-order valence-electron chi connectivity index (χ3n) is 6.01. The Hall–Kier alpha value is -2.96. The molecule has 5 nitrogen and oxygen atoms in total. The Bertz CT molecular complexity index is 1190. The molecule has 1 unspecified atom stereocenters. The van der Waals surface area contributed by atoms with Gasteiger partial charge in [-0.05, 0) is 72.7 Å². The van der Waals surface area contributed by atoms with E-state index >= 15 is 0 Å². The molecule has 0 aliphatic rings. The molecule has 1 amide bonds. The molecular weight excluding hydrogens is 432 g/mol. The summed E-state index contributed by atoms with van der Waals surface area (Å²) in [4.78, 5) is 13.1. The van der Waals surface area contributed by atoms with Crippen molar-refractivity contribution >= 4 is 21.6 Å². The van der Waals surface area contributed by atoms with Crippen LogP contribution in [-0.2, 0) is 21.4 Å². The van der Waals surface area contributed by atoms with Gasteiger partial charge in [0.1, 0.15) is 0 Å². The van der Waals surface area contributed by atoms with Crippen LogP contribution in [-0.4, -0.2) is 25.2 Å². The molecule has 0 heterocycles. The molecule has 0 spiro atoms. The average molecular weight is 465 g/mol. The Morgan fingerprint density at radius 3 is 2.21 bits per heavy atom. The Morgan fingerprint density at radius 2 is 1.61 bits per heavy atom. The minimum atomic E-state index is -3.87. The number of anilines is 1. The first-order chi connectivity index (χ1) is 15.7. The van der Waals surface area contributed by atoms with Crippen LogP contribution in [0.5, 0.6) is 0 Å². The van der Waals surface area contributed by atoms with Crippen LogP contribution < -0.4 is 5.32 Å². The van der Waals surface area contributed by atoms with Gasteiger partial charge in [0.2, 0.25) is 15.9 Å². The van der Waals surface area contributed by atoms with Crippen LogP contribution in [0.25, 0.3) is 0 Å². The SMILES string of the molecule is CCC(C)c1ccc(NC(=O)CN(Cc2ccccc2)S(=O)(=O)c2ccc(C)c(C)c2)cc1. The van der Waals surface area contributed by atoms with E-state index in [1.807, 2.05) is 68.4 Å². The van der Waals surface area contributed by atoms with Gasteiger partial charge in [0, 0.05) is 12.2 Å². The third kappa shape index (κ3) is 6.30. The first-order valence-electron chi connectivity index (χ1n) is 11.2. The molecule has 0 bridgehead atoms. The van der Waals surface area contributed by atoms with Crippen LogP contribution in [0.3, 0.4) is 0 Å². The number of benzene rings is 3. The van der Waals surface area contributed by atoms with Gasteiger partial charge in [-0.3, -0.25) is 4.79 Å². The molecule has 3 aromatic carbocycles. The van der Waals surface area contributed by atoms with Gasteiger partial charge in [0.25, 0.3) is 0 Å². The summed E-state index contributed by atoms with van der Waals surface area (Å²) in [5, 5.41) is 2.84. The van der Waals surface area contributed by atoms with Gasteiger partial charge in [-0.25, -0.2) is 8.42 Å². The second kappa shape index (κ2) is 10.8. The van der Waals surface area contributed by atoms with E-state index in [4.69, 9.17) is 0 Å². The molecule has 0 aliphatic carbocycles. The van der Waals surface area contributed by atoms with E-state index < -0.39 is 10.0 Å². The van der Waals surface area contributed by atoms with Gasteiger partial charge in [-0.15, -0.1) is 0 Å². The molecule has 174 valence electrons. The monoisotopic (exact) mass is 464 g/mol. The summed E-state index contributed by atoms with van der Waals surface area (Å²) in [6.07, 6.45) is 1.04. The molecule has 3 aromatic rings. The van der Waals surface area contributed by atoms with E-state index in [-0.39, 0.29) is 23.9 Å². The fourth-order valence-corrected chi connectivity index (χ4v) is 5.00. The lowest BCUT2D eigenvalue weighted by atomic mass is 9.99. The number of aryl methyl sites for hydroxylation is 2. The highest BCUT2D eigenvalue weighted by molar-refractivity contribution is 7.89. The molecule has 0 fully saturated rings. The zero-order valence-corrected chi connectivity index (χ0v) is 20.5. The van der Waals surface area contributed by atoms with E-state index in [1.165, 1.54) is 9.87 Å². The number of amides is 1. The Labute approximate surface area is 197 Å². The first-order valence-corrected chi connectivity index (χ1v) is 12.7. The number of nitrogens with one attached hydrogen (secondary N) is 1. The lowest BCUT2D eigenvalue weighted by Crippen LogP contribution is -2.37. The molecule has 0 saturated heterocycles. The van der Waals surface area contributed by atoms with Crippen LogP contribution in [0.1, 0.15) is 48.4 Å². The molecule has 0 radical (unpaired) electrons. The average Bonchev–Trinajstić information content (AvgIpc) is 2.81. The predicted octanol–water partition coefficient (Wildman–Crippen LogP) is 5.65. The molecule has 6 heteroatoms. The van der Waals surface area contributed by atoms with Crippen molar-refractivity contribution in [2.24, 2.45) is 0 Å². The molecule has 3 rings (SSSR count). The minimum Gasteiger partial charge on any atom is -0.325 e. The molecule has 1 atom stereocenters. The zero-order valence-electron chi connectivity index (χ0n) is 19.7. The van der Waals surface area contributed by atoms with Gasteiger partial charge >= 0.3 is 0 Å². The number of hydrogen-bond donors (Lipinski definition) is 1. The van der Waals surface area contributed by atoms with Crippen LogP contribution in [0.15, 0.2) is 77.7 Å². The number of hydrogen-bond acceptors (Lipinski definition) is 3. The topological polar surface area (TPSA) is 66.5 Å². The molecule has 0 saturated carbocycles. The predicted molar refractivity (Wildman–Crippen MR) is 134 cm³/mol. The third-order valence-corrected chi connectivity index (χ3v) is 7.80. The summed E-state index contributed by atoms with van der Waals surface area (Å²) < 4.78 is 28.2. The first kappa shape index (κ1) is 24.7. The lowest BCUT2D eigenvalue weighted by Gasteiger charge is -2.22. The van der Waals surface area contributed by atoms with Crippen LogP contribution >= 0.6 is 0 Å². The Kier molecular flexibility index (Phi) is 8.06. The van der Waals surface area contributed by atoms with Crippen molar-refractivity contribution in [3.63, 3.8) is 0 Å². The maximum atomic E-state index is 13.5. The fourth-order valence-electron chi connectivity index (χ4n) is 3.53. The number of nitrogens with zero attached hydrogens (tertiary/aromatic N) is 1. The standard InChI is InChI=1S/C27H32N2O3S/c1-5-20(2)24-12-14-25(15-13-24)28-27(30)19-29(18-23-9-7-6-8-10-23)33(31,32)26-16-11-21(3)22(4)17-26/h6-17,20H,5,18-19H2,1-4H3,(H,28,30). The highest BCUT2D eigenvalue weighted by atomic mass is 32.2. The van der Waals surface area contributed by atoms with E-state index in [2.05, 4.69) is 19.2 Å². The molecule has 0 aliphatic heterocycles. The largest absolute Gasteiger partial charge is 0.325 e. The molecule has 1 N–H and O–H groups in total. The van der Waals surface area contributed by atoms with E-state index in [1.54, 1.807) is 18.2 Å². The highest BCUT2D eigenvalue weighted by Gasteiger charge is 2.27. The fraction of sp³-hybridized carbons (Fsp3) is 0.296. The molecule has 33 heavy (non-hydrogen) atoms. The van der Waals surface area contributed by atoms with Gasteiger partial charge < -0.3 is 5.32 Å². The smallest absolute Gasteiger partial charge is 0.243 e. The Balaban J connectivity index is 1.83. The van der Waals surface area contributed by atoms with Crippen molar-refractivity contribution in [2.75, 3.05) is 11.9 Å². The minimum absolute atomic E-state index is 0.108. The van der Waals surface area contributed by atoms with E-state index in [9.17, 15) is 13.2 Å². The van der Waals surface area contributed by atoms with Gasteiger partial charge in [0.15, 0.2) is 0 Å². The number of rotatable bonds is 9. The molecule has 0 aromatic heterocycles. The summed E-state index contributed by atoms with van der Waals surface area (Å²) in [7, 11) is -3.87. The van der Waals surface area contributed by atoms with Gasteiger partial charge in [-0.2, -0.15) is 4.31 Å². The van der Waals surface area contributed by atoms with Crippen molar-refractivity contribution in [1.82, 2.24) is 4.31 Å². The highest BCUT2D eigenvalue weighted by Crippen LogP contribution is 2.23. The summed E-state index contributed by atoms with van der Waals surface area (Å²) in [6.45, 7) is 7.94. The number of carbonyl (C=O) groups is 1. The maximum Gasteiger partial charge on any atom is 0.243 e. The van der Waals surface area contributed by atoms with E-state index in [0.29, 0.717) is 11.6 Å². The second-order valence-corrected chi connectivity index (χ2v) is 10.4. The van der Waals surface area contributed by atoms with Crippen molar-refractivity contribution < 1.29 is 13.2 Å². The normalized spacial score (nSPS) is 12.5. The maximum absolute atomic E-state index is 13.5. The summed E-state index contributed by atoms with van der Waals surface area (Å²) in [5.74, 6) is 0.0638. The van der Waals surface area contributed by atoms with Crippen LogP contribution in [0.4, 0.5) is 5.69 Å². The van der Waals surface area contributed by atoms with Crippen molar-refractivity contribution in [3.8, 4) is 0 Å². The Morgan fingerprint density at radius 1 is 0.939 bits per heavy atom.